The van der Waals surface area contributed by atoms with Crippen LogP contribution in [-0.2, 0) is 6.18 Å². The smallest absolute Gasteiger partial charge is 0.397 e. The molecule has 15 heavy (non-hydrogen) atoms. The molecular weight excluding hydrogens is 219 g/mol. The summed E-state index contributed by atoms with van der Waals surface area (Å²) in [4.78, 5) is 3.37. The Balaban J connectivity index is 3.53. The summed E-state index contributed by atoms with van der Waals surface area (Å²) in [5, 5.41) is 0. The third kappa shape index (κ3) is 2.16. The Kier molecular flexibility index (Phi) is 2.83. The summed E-state index contributed by atoms with van der Waals surface area (Å²) in [7, 11) is 0. The molecule has 0 unspecified atom stereocenters. The van der Waals surface area contributed by atoms with Crippen LogP contribution in [0.2, 0.25) is 0 Å². The predicted molar refractivity (Wildman–Crippen MR) is 43.3 cm³/mol. The molecule has 1 aromatic heterocycles. The van der Waals surface area contributed by atoms with Gasteiger partial charge in [-0.2, -0.15) is 13.2 Å². The average Bonchev–Trinajstić information content (AvgIpc) is 2.05. The normalized spacial score (nSPS) is 12.2. The Morgan fingerprint density at radius 2 is 1.87 bits per heavy atom. The average molecular weight is 226 g/mol. The highest BCUT2D eigenvalue weighted by atomic mass is 19.4. The Hall–Kier alpha value is -1.40. The predicted octanol–water partition coefficient (Wildman–Crippen LogP) is 2.93. The van der Waals surface area contributed by atoms with Crippen molar-refractivity contribution in [2.24, 2.45) is 0 Å². The number of nitrogens with two attached hydrogens (primary N) is 1. The van der Waals surface area contributed by atoms with E-state index >= 15 is 0 Å². The van der Waals surface area contributed by atoms with Crippen LogP contribution in [0.5, 0.6) is 0 Å². The summed E-state index contributed by atoms with van der Waals surface area (Å²) >= 11 is 0. The van der Waals surface area contributed by atoms with E-state index in [-0.39, 0.29) is 5.69 Å². The number of anilines is 1. The highest BCUT2D eigenvalue weighted by molar-refractivity contribution is 5.52. The Bertz CT molecular complexity index is 372. The standard InChI is InChI=1S/C8H7F5N2/c1-3-5(7(9)10)6(8(11,12)13)4(14)2-15-3/h2,7H,14H2,1H3. The first kappa shape index (κ1) is 11.7. The van der Waals surface area contributed by atoms with E-state index in [1.165, 1.54) is 0 Å². The van der Waals surface area contributed by atoms with Gasteiger partial charge in [-0.25, -0.2) is 8.78 Å². The maximum absolute atomic E-state index is 12.4. The van der Waals surface area contributed by atoms with Crippen LogP contribution in [0.3, 0.4) is 0 Å². The van der Waals surface area contributed by atoms with Crippen molar-refractivity contribution in [2.75, 3.05) is 5.73 Å². The molecule has 0 bridgehead atoms. The molecule has 1 rings (SSSR count). The number of nitrogen functional groups attached to an aromatic ring is 1. The number of pyridine rings is 1. The highest BCUT2D eigenvalue weighted by Gasteiger charge is 2.39. The summed E-state index contributed by atoms with van der Waals surface area (Å²) < 4.78 is 62.0. The summed E-state index contributed by atoms with van der Waals surface area (Å²) in [5.74, 6) is 0. The fourth-order valence-corrected chi connectivity index (χ4v) is 1.22. The number of aryl methyl sites for hydroxylation is 1. The highest BCUT2D eigenvalue weighted by Crippen LogP contribution is 2.40. The lowest BCUT2D eigenvalue weighted by atomic mass is 10.1. The number of alkyl halides is 5. The maximum Gasteiger partial charge on any atom is 0.418 e. The number of halogens is 5. The molecule has 0 aromatic carbocycles. The second-order valence-corrected chi connectivity index (χ2v) is 2.89. The monoisotopic (exact) mass is 226 g/mol. The number of hydrogen-bond donors (Lipinski definition) is 1. The van der Waals surface area contributed by atoms with Gasteiger partial charge >= 0.3 is 6.18 Å². The van der Waals surface area contributed by atoms with E-state index in [1.807, 2.05) is 0 Å². The minimum Gasteiger partial charge on any atom is -0.397 e. The zero-order chi connectivity index (χ0) is 11.8. The lowest BCUT2D eigenvalue weighted by Gasteiger charge is -2.15. The molecule has 0 radical (unpaired) electrons. The first-order chi connectivity index (χ1) is 6.75. The van der Waals surface area contributed by atoms with E-state index < -0.39 is 29.4 Å². The van der Waals surface area contributed by atoms with Gasteiger partial charge in [0, 0.05) is 5.69 Å². The third-order valence-electron chi connectivity index (χ3n) is 1.85. The number of aromatic nitrogens is 1. The Labute approximate surface area is 81.9 Å². The van der Waals surface area contributed by atoms with Crippen molar-refractivity contribution < 1.29 is 22.0 Å². The molecule has 0 amide bonds. The first-order valence-corrected chi connectivity index (χ1v) is 3.85. The maximum atomic E-state index is 12.4. The molecule has 0 saturated heterocycles. The summed E-state index contributed by atoms with van der Waals surface area (Å²) in [6.07, 6.45) is -7.43. The molecule has 0 atom stereocenters. The molecule has 7 heteroatoms. The van der Waals surface area contributed by atoms with Crippen LogP contribution in [-0.4, -0.2) is 4.98 Å². The van der Waals surface area contributed by atoms with Gasteiger partial charge in [-0.05, 0) is 6.92 Å². The SMILES string of the molecule is Cc1ncc(N)c(C(F)(F)F)c1C(F)F. The number of nitrogens with zero attached hydrogens (tertiary/aromatic N) is 1. The molecule has 0 aliphatic carbocycles. The van der Waals surface area contributed by atoms with Crippen LogP contribution in [0.25, 0.3) is 0 Å². The lowest BCUT2D eigenvalue weighted by Crippen LogP contribution is -2.15. The molecule has 2 N–H and O–H groups in total. The Morgan fingerprint density at radius 3 is 2.20 bits per heavy atom. The minimum atomic E-state index is -4.90. The number of hydrogen-bond acceptors (Lipinski definition) is 2. The van der Waals surface area contributed by atoms with E-state index in [4.69, 9.17) is 5.73 Å². The van der Waals surface area contributed by atoms with Crippen LogP contribution in [0.4, 0.5) is 27.6 Å². The van der Waals surface area contributed by atoms with Crippen molar-refractivity contribution >= 4 is 5.69 Å². The van der Waals surface area contributed by atoms with Crippen molar-refractivity contribution in [3.05, 3.63) is 23.0 Å². The molecule has 2 nitrogen and oxygen atoms in total. The second kappa shape index (κ2) is 3.63. The van der Waals surface area contributed by atoms with Gasteiger partial charge in [0.05, 0.1) is 23.0 Å². The van der Waals surface area contributed by atoms with Gasteiger partial charge in [-0.15, -0.1) is 0 Å². The van der Waals surface area contributed by atoms with Crippen LogP contribution in [0, 0.1) is 6.92 Å². The topological polar surface area (TPSA) is 38.9 Å². The van der Waals surface area contributed by atoms with Crippen LogP contribution >= 0.6 is 0 Å². The summed E-state index contributed by atoms with van der Waals surface area (Å²) in [5.41, 5.74) is 1.20. The molecule has 1 aromatic rings. The molecule has 1 heterocycles. The van der Waals surface area contributed by atoms with E-state index in [9.17, 15) is 22.0 Å². The van der Waals surface area contributed by atoms with Gasteiger partial charge < -0.3 is 5.73 Å². The second-order valence-electron chi connectivity index (χ2n) is 2.89. The van der Waals surface area contributed by atoms with E-state index in [2.05, 4.69) is 4.98 Å². The summed E-state index contributed by atoms with van der Waals surface area (Å²) in [6, 6.07) is 0. The quantitative estimate of drug-likeness (QED) is 0.747. The molecule has 0 saturated carbocycles. The summed E-state index contributed by atoms with van der Waals surface area (Å²) in [6.45, 7) is 1.08. The zero-order valence-corrected chi connectivity index (χ0v) is 7.57. The molecule has 0 aliphatic rings. The lowest BCUT2D eigenvalue weighted by molar-refractivity contribution is -0.139. The van der Waals surface area contributed by atoms with E-state index in [0.29, 0.717) is 0 Å². The minimum absolute atomic E-state index is 0.369. The van der Waals surface area contributed by atoms with Crippen molar-refractivity contribution in [3.8, 4) is 0 Å². The largest absolute Gasteiger partial charge is 0.418 e. The number of rotatable bonds is 1. The molecule has 0 fully saturated rings. The van der Waals surface area contributed by atoms with Gasteiger partial charge in [0.15, 0.2) is 0 Å². The van der Waals surface area contributed by atoms with Crippen LogP contribution in [0.15, 0.2) is 6.20 Å². The molecule has 0 spiro atoms. The van der Waals surface area contributed by atoms with E-state index in [0.717, 1.165) is 13.1 Å². The van der Waals surface area contributed by atoms with Crippen LogP contribution in [0.1, 0.15) is 23.2 Å². The fraction of sp³-hybridized carbons (Fsp3) is 0.375. The van der Waals surface area contributed by atoms with Gasteiger partial charge in [-0.3, -0.25) is 4.98 Å². The molecule has 84 valence electrons. The zero-order valence-electron chi connectivity index (χ0n) is 7.57. The van der Waals surface area contributed by atoms with Crippen LogP contribution < -0.4 is 5.73 Å². The van der Waals surface area contributed by atoms with Crippen molar-refractivity contribution in [2.45, 2.75) is 19.5 Å². The third-order valence-corrected chi connectivity index (χ3v) is 1.85. The Morgan fingerprint density at radius 1 is 1.33 bits per heavy atom. The van der Waals surface area contributed by atoms with Crippen molar-refractivity contribution in [1.82, 2.24) is 4.98 Å². The van der Waals surface area contributed by atoms with E-state index in [1.54, 1.807) is 0 Å². The molecular formula is C8H7F5N2. The van der Waals surface area contributed by atoms with Gasteiger partial charge in [-0.1, -0.05) is 0 Å². The van der Waals surface area contributed by atoms with Crippen molar-refractivity contribution in [1.29, 1.82) is 0 Å². The van der Waals surface area contributed by atoms with Crippen molar-refractivity contribution in [3.63, 3.8) is 0 Å². The van der Waals surface area contributed by atoms with Gasteiger partial charge in [0.1, 0.15) is 0 Å². The molecule has 0 aliphatic heterocycles. The fourth-order valence-electron chi connectivity index (χ4n) is 1.22. The van der Waals surface area contributed by atoms with Gasteiger partial charge in [0.25, 0.3) is 6.43 Å². The van der Waals surface area contributed by atoms with Gasteiger partial charge in [0.2, 0.25) is 0 Å². The first-order valence-electron chi connectivity index (χ1n) is 3.85.